The third-order valence-corrected chi connectivity index (χ3v) is 4.66. The van der Waals surface area contributed by atoms with E-state index in [1.807, 2.05) is 0 Å². The summed E-state index contributed by atoms with van der Waals surface area (Å²) in [7, 11) is 0. The second-order valence-electron chi connectivity index (χ2n) is 4.45. The molecule has 6 heteroatoms. The molecule has 1 unspecified atom stereocenters. The normalized spacial score (nSPS) is 22.6. The Kier molecular flexibility index (Phi) is 3.06. The van der Waals surface area contributed by atoms with Crippen molar-refractivity contribution in [1.29, 1.82) is 0 Å². The Morgan fingerprint density at radius 2 is 2.26 bits per heavy atom. The lowest BCUT2D eigenvalue weighted by molar-refractivity contribution is -0.132. The molecule has 5 nitrogen and oxygen atoms in total. The first kappa shape index (κ1) is 12.6. The number of aromatic nitrogens is 2. The van der Waals surface area contributed by atoms with E-state index in [0.717, 1.165) is 26.8 Å². The minimum absolute atomic E-state index is 0.220. The van der Waals surface area contributed by atoms with Gasteiger partial charge in [-0.15, -0.1) is 0 Å². The van der Waals surface area contributed by atoms with Crippen LogP contribution >= 0.6 is 22.6 Å². The Morgan fingerprint density at radius 3 is 2.89 bits per heavy atom. The lowest BCUT2D eigenvalue weighted by atomic mass is 9.90. The highest BCUT2D eigenvalue weighted by atomic mass is 127. The molecule has 0 saturated carbocycles. The molecule has 0 aliphatic heterocycles. The summed E-state index contributed by atoms with van der Waals surface area (Å²) in [5.74, 6) is -0.985. The van der Waals surface area contributed by atoms with E-state index in [2.05, 4.69) is 32.8 Å². The molecule has 0 radical (unpaired) electrons. The molecule has 2 aliphatic carbocycles. The fourth-order valence-corrected chi connectivity index (χ4v) is 3.75. The number of halogens is 1. The van der Waals surface area contributed by atoms with Gasteiger partial charge in [0.2, 0.25) is 0 Å². The molecule has 0 aromatic carbocycles. The van der Waals surface area contributed by atoms with Crippen molar-refractivity contribution in [3.05, 3.63) is 44.3 Å². The second-order valence-corrected chi connectivity index (χ2v) is 5.53. The number of H-pyrrole nitrogens is 1. The van der Waals surface area contributed by atoms with Crippen LogP contribution in [0.15, 0.2) is 38.6 Å². The van der Waals surface area contributed by atoms with Gasteiger partial charge in [-0.1, -0.05) is 6.08 Å². The van der Waals surface area contributed by atoms with E-state index < -0.39 is 12.1 Å². The molecule has 1 aromatic rings. The topological polar surface area (TPSA) is 86.2 Å². The highest BCUT2D eigenvalue weighted by molar-refractivity contribution is 14.1. The van der Waals surface area contributed by atoms with Gasteiger partial charge in [0, 0.05) is 20.9 Å². The fraction of sp³-hybridized carbons (Fsp3) is 0.231. The van der Waals surface area contributed by atoms with Crippen molar-refractivity contribution in [1.82, 2.24) is 10.2 Å². The van der Waals surface area contributed by atoms with Gasteiger partial charge < -0.3 is 10.2 Å². The largest absolute Gasteiger partial charge is 0.478 e. The van der Waals surface area contributed by atoms with Gasteiger partial charge in [0.05, 0.1) is 11.3 Å². The predicted octanol–water partition coefficient (Wildman–Crippen LogP) is 2.03. The van der Waals surface area contributed by atoms with Gasteiger partial charge in [0.25, 0.3) is 0 Å². The van der Waals surface area contributed by atoms with Crippen LogP contribution in [-0.2, 0) is 4.79 Å². The van der Waals surface area contributed by atoms with Gasteiger partial charge in [-0.3, -0.25) is 5.10 Å². The van der Waals surface area contributed by atoms with Gasteiger partial charge in [-0.2, -0.15) is 5.10 Å². The molecular formula is C13H11IN2O3. The molecule has 98 valence electrons. The standard InChI is InChI=1S/C13H11IN2O3/c14-11-6-2-1-3-7(13(18)19)9(6)12(17)10(11)8-4-5-15-16-8/h3-5,12,17H,1-2H2,(H,15,16)(H,18,19). The summed E-state index contributed by atoms with van der Waals surface area (Å²) in [6.07, 6.45) is 3.86. The summed E-state index contributed by atoms with van der Waals surface area (Å²) < 4.78 is 0.927. The number of carboxylic acid groups (broad SMARTS) is 1. The molecule has 19 heavy (non-hydrogen) atoms. The maximum atomic E-state index is 11.3. The molecule has 1 aromatic heterocycles. The average Bonchev–Trinajstić information content (AvgIpc) is 2.98. The maximum absolute atomic E-state index is 11.3. The Morgan fingerprint density at radius 1 is 1.47 bits per heavy atom. The molecule has 1 heterocycles. The Balaban J connectivity index is 2.10. The lowest BCUT2D eigenvalue weighted by Crippen LogP contribution is -2.18. The number of aliphatic hydroxyl groups is 1. The first-order valence-electron chi connectivity index (χ1n) is 5.86. The predicted molar refractivity (Wildman–Crippen MR) is 77.5 cm³/mol. The number of aliphatic hydroxyl groups excluding tert-OH is 1. The Hall–Kier alpha value is -1.41. The third-order valence-electron chi connectivity index (χ3n) is 3.43. The maximum Gasteiger partial charge on any atom is 0.335 e. The zero-order valence-corrected chi connectivity index (χ0v) is 12.0. The highest BCUT2D eigenvalue weighted by Crippen LogP contribution is 2.47. The van der Waals surface area contributed by atoms with Crippen molar-refractivity contribution < 1.29 is 15.0 Å². The van der Waals surface area contributed by atoms with E-state index in [4.69, 9.17) is 0 Å². The minimum Gasteiger partial charge on any atom is -0.478 e. The van der Waals surface area contributed by atoms with Crippen LogP contribution in [0.2, 0.25) is 0 Å². The zero-order valence-electron chi connectivity index (χ0n) is 9.85. The van der Waals surface area contributed by atoms with Crippen molar-refractivity contribution in [2.75, 3.05) is 0 Å². The van der Waals surface area contributed by atoms with Crippen LogP contribution in [0.3, 0.4) is 0 Å². The highest BCUT2D eigenvalue weighted by Gasteiger charge is 2.37. The molecular weight excluding hydrogens is 359 g/mol. The van der Waals surface area contributed by atoms with Crippen molar-refractivity contribution in [3.63, 3.8) is 0 Å². The smallest absolute Gasteiger partial charge is 0.335 e. The summed E-state index contributed by atoms with van der Waals surface area (Å²) in [6.45, 7) is 0. The zero-order chi connectivity index (χ0) is 13.6. The number of rotatable bonds is 2. The van der Waals surface area contributed by atoms with Crippen LogP contribution in [0.25, 0.3) is 5.57 Å². The molecule has 0 spiro atoms. The molecule has 0 saturated heterocycles. The molecule has 0 fully saturated rings. The van der Waals surface area contributed by atoms with Crippen LogP contribution in [0.4, 0.5) is 0 Å². The second kappa shape index (κ2) is 4.61. The monoisotopic (exact) mass is 370 g/mol. The molecule has 1 atom stereocenters. The SMILES string of the molecule is O=C(O)C1=CCCC2=C1C(O)C(c1ccn[nH]1)=C2I. The summed E-state index contributed by atoms with van der Waals surface area (Å²) in [5, 5.41) is 26.4. The number of hydrogen-bond donors (Lipinski definition) is 3. The van der Waals surface area contributed by atoms with E-state index in [1.165, 1.54) is 0 Å². The summed E-state index contributed by atoms with van der Waals surface area (Å²) in [6, 6.07) is 1.78. The molecule has 0 amide bonds. The summed E-state index contributed by atoms with van der Waals surface area (Å²) in [4.78, 5) is 11.3. The molecule has 3 rings (SSSR count). The number of nitrogens with zero attached hydrogens (tertiary/aromatic N) is 1. The van der Waals surface area contributed by atoms with Crippen molar-refractivity contribution in [2.24, 2.45) is 0 Å². The van der Waals surface area contributed by atoms with Gasteiger partial charge in [-0.05, 0) is 47.1 Å². The Bertz CT molecular complexity index is 641. The van der Waals surface area contributed by atoms with Crippen molar-refractivity contribution >= 4 is 34.1 Å². The number of aromatic amines is 1. The van der Waals surface area contributed by atoms with Gasteiger partial charge >= 0.3 is 5.97 Å². The number of carboxylic acids is 1. The number of carbonyl (C=O) groups is 1. The number of hydrogen-bond acceptors (Lipinski definition) is 3. The van der Waals surface area contributed by atoms with Crippen LogP contribution in [0.1, 0.15) is 18.5 Å². The van der Waals surface area contributed by atoms with E-state index >= 15 is 0 Å². The molecule has 0 bridgehead atoms. The first-order valence-corrected chi connectivity index (χ1v) is 6.94. The van der Waals surface area contributed by atoms with E-state index in [9.17, 15) is 15.0 Å². The van der Waals surface area contributed by atoms with Crippen LogP contribution in [-0.4, -0.2) is 32.5 Å². The number of nitrogens with one attached hydrogen (secondary N) is 1. The molecule has 2 aliphatic rings. The first-order chi connectivity index (χ1) is 9.11. The van der Waals surface area contributed by atoms with Gasteiger partial charge in [0.1, 0.15) is 6.10 Å². The third kappa shape index (κ3) is 1.86. The van der Waals surface area contributed by atoms with Gasteiger partial charge in [0.15, 0.2) is 0 Å². The fourth-order valence-electron chi connectivity index (χ4n) is 2.61. The minimum atomic E-state index is -0.985. The van der Waals surface area contributed by atoms with E-state index in [1.54, 1.807) is 18.3 Å². The van der Waals surface area contributed by atoms with Crippen molar-refractivity contribution in [2.45, 2.75) is 18.9 Å². The van der Waals surface area contributed by atoms with Crippen molar-refractivity contribution in [3.8, 4) is 0 Å². The van der Waals surface area contributed by atoms with Crippen LogP contribution < -0.4 is 0 Å². The summed E-state index contributed by atoms with van der Waals surface area (Å²) >= 11 is 2.17. The van der Waals surface area contributed by atoms with E-state index in [0.29, 0.717) is 12.0 Å². The van der Waals surface area contributed by atoms with E-state index in [-0.39, 0.29) is 5.57 Å². The average molecular weight is 370 g/mol. The molecule has 3 N–H and O–H groups in total. The Labute approximate surface area is 122 Å². The lowest BCUT2D eigenvalue weighted by Gasteiger charge is -2.17. The van der Waals surface area contributed by atoms with Crippen LogP contribution in [0.5, 0.6) is 0 Å². The number of allylic oxidation sites excluding steroid dienone is 3. The van der Waals surface area contributed by atoms with Gasteiger partial charge in [-0.25, -0.2) is 4.79 Å². The van der Waals surface area contributed by atoms with Crippen LogP contribution in [0, 0.1) is 0 Å². The number of aliphatic carboxylic acids is 1. The quantitative estimate of drug-likeness (QED) is 0.696. The summed E-state index contributed by atoms with van der Waals surface area (Å²) in [5.41, 5.74) is 3.15.